The molecule has 1 unspecified atom stereocenters. The van der Waals surface area contributed by atoms with Crippen molar-refractivity contribution in [1.82, 2.24) is 4.16 Å². The van der Waals surface area contributed by atoms with Crippen LogP contribution >= 0.6 is 11.6 Å². The molecule has 0 aromatic heterocycles. The summed E-state index contributed by atoms with van der Waals surface area (Å²) in [4.78, 5) is 0. The molecule has 0 amide bonds. The van der Waals surface area contributed by atoms with Gasteiger partial charge in [0.25, 0.3) is 0 Å². The van der Waals surface area contributed by atoms with Crippen LogP contribution in [0.4, 0.5) is 5.69 Å². The predicted molar refractivity (Wildman–Crippen MR) is 50.0 cm³/mol. The lowest BCUT2D eigenvalue weighted by Gasteiger charge is -1.84. The second-order valence-corrected chi connectivity index (χ2v) is 3.29. The Hall–Kier alpha value is -0.950. The van der Waals surface area contributed by atoms with Crippen LogP contribution in [0.25, 0.3) is 0 Å². The number of halogens is 1. The highest BCUT2D eigenvalue weighted by atomic mass is 35.5. The largest absolute Gasteiger partial charge is 0.443 e. The van der Waals surface area contributed by atoms with Crippen LogP contribution in [0.5, 0.6) is 0 Å². The van der Waals surface area contributed by atoms with E-state index in [0.29, 0.717) is 10.7 Å². The van der Waals surface area contributed by atoms with Crippen LogP contribution in [0.2, 0.25) is 5.02 Å². The molecule has 1 rings (SSSR count). The minimum absolute atomic E-state index is 0.458. The highest BCUT2D eigenvalue weighted by Crippen LogP contribution is 2.14. The Morgan fingerprint density at radius 1 is 1.43 bits per heavy atom. The molecule has 0 saturated heterocycles. The Kier molecular flexibility index (Phi) is 4.54. The van der Waals surface area contributed by atoms with Gasteiger partial charge in [-0.05, 0) is 28.6 Å². The van der Waals surface area contributed by atoms with Crippen LogP contribution in [0.1, 0.15) is 0 Å². The summed E-state index contributed by atoms with van der Waals surface area (Å²) in [5.74, 6) is 0. The summed E-state index contributed by atoms with van der Waals surface area (Å²) >= 11 is 5.62. The molecule has 76 valence electrons. The summed E-state index contributed by atoms with van der Waals surface area (Å²) in [6.07, 6.45) is 0. The molecule has 0 aliphatic heterocycles. The molecule has 0 aliphatic carbocycles. The quantitative estimate of drug-likeness (QED) is 0.274. The standard InChI is InChI=1S/C6H5ClN2O4S/c7-5-1-3-6(4-2-5)8-9-14(11)13-12-10/h1-4,14H/p+1. The molecule has 1 N–H and O–H groups in total. The van der Waals surface area contributed by atoms with Crippen molar-refractivity contribution in [3.8, 4) is 0 Å². The zero-order valence-electron chi connectivity index (χ0n) is 6.70. The summed E-state index contributed by atoms with van der Waals surface area (Å²) in [6.45, 7) is 0. The third-order valence-electron chi connectivity index (χ3n) is 1.16. The van der Waals surface area contributed by atoms with Gasteiger partial charge in [-0.2, -0.15) is 4.21 Å². The van der Waals surface area contributed by atoms with Gasteiger partial charge in [-0.15, -0.1) is 0 Å². The fourth-order valence-corrected chi connectivity index (χ4v) is 1.03. The van der Waals surface area contributed by atoms with Crippen LogP contribution in [-0.4, -0.2) is 9.47 Å². The SMILES string of the molecule is O=[SH](=[N+]=Nc1ccc(Cl)cc1)OOO. The fourth-order valence-electron chi connectivity index (χ4n) is 0.639. The van der Waals surface area contributed by atoms with Crippen LogP contribution in [0.15, 0.2) is 29.4 Å². The lowest BCUT2D eigenvalue weighted by atomic mass is 10.3. The summed E-state index contributed by atoms with van der Waals surface area (Å²) in [5, 5.41) is 15.0. The number of thiol groups is 1. The highest BCUT2D eigenvalue weighted by molar-refractivity contribution is 7.68. The Labute approximate surface area is 86.0 Å². The average molecular weight is 238 g/mol. The first-order valence-electron chi connectivity index (χ1n) is 3.35. The van der Waals surface area contributed by atoms with Crippen molar-refractivity contribution < 1.29 is 18.8 Å². The molecule has 1 aromatic carbocycles. The van der Waals surface area contributed by atoms with Gasteiger partial charge in [0.15, 0.2) is 4.16 Å². The van der Waals surface area contributed by atoms with Crippen molar-refractivity contribution in [3.05, 3.63) is 29.3 Å². The van der Waals surface area contributed by atoms with Gasteiger partial charge < -0.3 is 0 Å². The Morgan fingerprint density at radius 2 is 2.07 bits per heavy atom. The first kappa shape index (κ1) is 11.1. The second-order valence-electron chi connectivity index (χ2n) is 2.05. The Balaban J connectivity index is 2.83. The topological polar surface area (TPSA) is 82.2 Å². The van der Waals surface area contributed by atoms with Crippen molar-refractivity contribution in [3.63, 3.8) is 0 Å². The smallest absolute Gasteiger partial charge is 0.220 e. The lowest BCUT2D eigenvalue weighted by molar-refractivity contribution is -0.434. The molecular formula is C6H6ClN2O4S+. The second kappa shape index (κ2) is 5.71. The highest BCUT2D eigenvalue weighted by Gasteiger charge is 1.96. The molecule has 6 nitrogen and oxygen atoms in total. The van der Waals surface area contributed by atoms with E-state index >= 15 is 0 Å². The van der Waals surface area contributed by atoms with Crippen molar-refractivity contribution in [2.45, 2.75) is 0 Å². The average Bonchev–Trinajstić information content (AvgIpc) is 2.17. The van der Waals surface area contributed by atoms with Gasteiger partial charge in [0.05, 0.1) is 0 Å². The minimum atomic E-state index is -2.51. The zero-order chi connectivity index (χ0) is 10.4. The number of nitrogens with zero attached hydrogens (tertiary/aromatic N) is 2. The number of benzene rings is 1. The zero-order valence-corrected chi connectivity index (χ0v) is 8.35. The maximum Gasteiger partial charge on any atom is 0.443 e. The molecule has 0 heterocycles. The summed E-state index contributed by atoms with van der Waals surface area (Å²) in [5.41, 5.74) is 0.458. The van der Waals surface area contributed by atoms with E-state index in [4.69, 9.17) is 16.9 Å². The van der Waals surface area contributed by atoms with Crippen LogP contribution < -0.4 is 4.16 Å². The van der Waals surface area contributed by atoms with Crippen molar-refractivity contribution in [2.75, 3.05) is 0 Å². The van der Waals surface area contributed by atoms with Gasteiger partial charge in [-0.1, -0.05) is 16.6 Å². The van der Waals surface area contributed by atoms with Crippen LogP contribution in [-0.2, 0) is 20.2 Å². The third kappa shape index (κ3) is 3.84. The third-order valence-corrected chi connectivity index (χ3v) is 1.84. The van der Waals surface area contributed by atoms with E-state index in [1.54, 1.807) is 24.3 Å². The molecular weight excluding hydrogens is 232 g/mol. The van der Waals surface area contributed by atoms with Gasteiger partial charge in [0, 0.05) is 5.02 Å². The van der Waals surface area contributed by atoms with E-state index < -0.39 is 10.9 Å². The molecule has 0 fully saturated rings. The van der Waals surface area contributed by atoms with E-state index in [-0.39, 0.29) is 0 Å². The Morgan fingerprint density at radius 3 is 2.64 bits per heavy atom. The monoisotopic (exact) mass is 237 g/mol. The van der Waals surface area contributed by atoms with E-state index in [1.165, 1.54) is 0 Å². The molecule has 0 aliphatic rings. The molecule has 0 saturated carbocycles. The molecule has 14 heavy (non-hydrogen) atoms. The lowest BCUT2D eigenvalue weighted by Crippen LogP contribution is -1.87. The van der Waals surface area contributed by atoms with Gasteiger partial charge in [-0.3, -0.25) is 0 Å². The summed E-state index contributed by atoms with van der Waals surface area (Å²) in [7, 11) is -2.51. The molecule has 0 radical (unpaired) electrons. The molecule has 1 atom stereocenters. The maximum atomic E-state index is 10.6. The van der Waals surface area contributed by atoms with Gasteiger partial charge in [-0.25, -0.2) is 5.26 Å². The molecule has 0 spiro atoms. The van der Waals surface area contributed by atoms with Crippen LogP contribution in [0.3, 0.4) is 0 Å². The first-order valence-corrected chi connectivity index (χ1v) is 4.86. The van der Waals surface area contributed by atoms with Gasteiger partial charge in [0.1, 0.15) is 10.8 Å². The number of hydrogen-bond acceptors (Lipinski definition) is 5. The molecule has 1 aromatic rings. The Bertz CT molecular complexity index is 408. The summed E-state index contributed by atoms with van der Waals surface area (Å²) in [6, 6.07) is 6.36. The fraction of sp³-hybridized carbons (Fsp3) is 0. The molecule has 0 bridgehead atoms. The summed E-state index contributed by atoms with van der Waals surface area (Å²) < 4.78 is 17.6. The van der Waals surface area contributed by atoms with Crippen molar-refractivity contribution >= 4 is 28.2 Å². The maximum absolute atomic E-state index is 10.6. The van der Waals surface area contributed by atoms with Crippen molar-refractivity contribution in [2.24, 2.45) is 5.11 Å². The van der Waals surface area contributed by atoms with E-state index in [2.05, 4.69) is 18.6 Å². The number of rotatable bonds is 3. The van der Waals surface area contributed by atoms with Gasteiger partial charge >= 0.3 is 10.9 Å². The van der Waals surface area contributed by atoms with E-state index in [1.807, 2.05) is 0 Å². The van der Waals surface area contributed by atoms with E-state index in [0.717, 1.165) is 0 Å². The predicted octanol–water partition coefficient (Wildman–Crippen LogP) is 1.49. The minimum Gasteiger partial charge on any atom is -0.220 e. The van der Waals surface area contributed by atoms with Gasteiger partial charge in [0.2, 0.25) is 0 Å². The van der Waals surface area contributed by atoms with Crippen molar-refractivity contribution in [1.29, 1.82) is 0 Å². The van der Waals surface area contributed by atoms with Crippen LogP contribution in [0, 0.1) is 0 Å². The normalized spacial score (nSPS) is 11.9. The molecule has 8 heteroatoms. The van der Waals surface area contributed by atoms with E-state index in [9.17, 15) is 4.21 Å². The number of hydrogen-bond donors (Lipinski definition) is 2. The first-order chi connectivity index (χ1) is 6.72.